The number of rotatable bonds is 2. The molecule has 2 aromatic carbocycles. The molecule has 4 rings (SSSR count). The maximum atomic E-state index is 6.38. The minimum absolute atomic E-state index is 0.0531. The Morgan fingerprint density at radius 1 is 0.581 bits per heavy atom. The normalized spacial score (nSPS) is 17.5. The predicted octanol–water partition coefficient (Wildman–Crippen LogP) is 9.09. The lowest BCUT2D eigenvalue weighted by atomic mass is 9.87. The molecule has 0 N–H and O–H groups in total. The van der Waals surface area contributed by atoms with Crippen molar-refractivity contribution in [3.8, 4) is 0 Å². The van der Waals surface area contributed by atoms with Gasteiger partial charge in [0, 0.05) is 26.2 Å². The van der Waals surface area contributed by atoms with Gasteiger partial charge in [0.05, 0.1) is 4.24 Å². The lowest BCUT2D eigenvalue weighted by molar-refractivity contribution is 0.161. The standard InChI is InChI=1S/C28H30OS2/c1-27(2,3)22-17-21(18-23(29-22)28(4,5)6)26-30-24(19-13-9-7-10-14-19)25(31-26)20-15-11-8-12-16-20/h7-18H,1-6H3. The summed E-state index contributed by atoms with van der Waals surface area (Å²) in [5.41, 5.74) is 3.67. The first kappa shape index (κ1) is 22.1. The highest BCUT2D eigenvalue weighted by Crippen LogP contribution is 2.59. The third-order valence-corrected chi connectivity index (χ3v) is 7.93. The van der Waals surface area contributed by atoms with Crippen LogP contribution < -0.4 is 0 Å². The summed E-state index contributed by atoms with van der Waals surface area (Å²) in [6.45, 7) is 13.3. The topological polar surface area (TPSA) is 9.23 Å². The van der Waals surface area contributed by atoms with Crippen molar-refractivity contribution < 1.29 is 4.74 Å². The molecule has 160 valence electrons. The third kappa shape index (κ3) is 4.88. The average molecular weight is 447 g/mol. The van der Waals surface area contributed by atoms with Crippen LogP contribution in [-0.4, -0.2) is 0 Å². The second kappa shape index (κ2) is 8.44. The van der Waals surface area contributed by atoms with E-state index < -0.39 is 0 Å². The van der Waals surface area contributed by atoms with Gasteiger partial charge in [0.15, 0.2) is 0 Å². The summed E-state index contributed by atoms with van der Waals surface area (Å²) < 4.78 is 7.69. The molecule has 0 fully saturated rings. The van der Waals surface area contributed by atoms with Gasteiger partial charge in [0.2, 0.25) is 0 Å². The zero-order valence-corrected chi connectivity index (χ0v) is 20.8. The molecule has 0 bridgehead atoms. The number of benzene rings is 2. The van der Waals surface area contributed by atoms with Crippen LogP contribution in [0.5, 0.6) is 0 Å². The summed E-state index contributed by atoms with van der Waals surface area (Å²) in [6, 6.07) is 21.4. The summed E-state index contributed by atoms with van der Waals surface area (Å²) in [5.74, 6) is 2.05. The van der Waals surface area contributed by atoms with Gasteiger partial charge in [-0.15, -0.1) is 0 Å². The molecule has 0 unspecified atom stereocenters. The monoisotopic (exact) mass is 446 g/mol. The molecule has 1 nitrogen and oxygen atoms in total. The first-order valence-electron chi connectivity index (χ1n) is 10.7. The van der Waals surface area contributed by atoms with Gasteiger partial charge in [-0.2, -0.15) is 0 Å². The zero-order valence-electron chi connectivity index (χ0n) is 19.2. The van der Waals surface area contributed by atoms with E-state index in [1.807, 2.05) is 23.5 Å². The maximum absolute atomic E-state index is 6.38. The molecule has 0 aromatic heterocycles. The van der Waals surface area contributed by atoms with E-state index in [9.17, 15) is 0 Å². The van der Waals surface area contributed by atoms with Crippen LogP contribution in [0.1, 0.15) is 52.7 Å². The molecule has 0 saturated carbocycles. The van der Waals surface area contributed by atoms with Gasteiger partial charge >= 0.3 is 0 Å². The summed E-state index contributed by atoms with van der Waals surface area (Å²) in [5, 5.41) is 0. The lowest BCUT2D eigenvalue weighted by Gasteiger charge is -2.33. The van der Waals surface area contributed by atoms with Crippen LogP contribution in [0.15, 0.2) is 94.1 Å². The van der Waals surface area contributed by atoms with Crippen LogP contribution in [-0.2, 0) is 4.74 Å². The zero-order chi connectivity index (χ0) is 22.2. The number of hydrogen-bond donors (Lipinski definition) is 0. The van der Waals surface area contributed by atoms with Crippen LogP contribution in [0.3, 0.4) is 0 Å². The van der Waals surface area contributed by atoms with Crippen LogP contribution in [0, 0.1) is 10.8 Å². The van der Waals surface area contributed by atoms with Crippen molar-refractivity contribution in [2.24, 2.45) is 10.8 Å². The minimum atomic E-state index is -0.0531. The van der Waals surface area contributed by atoms with Gasteiger partial charge in [-0.1, -0.05) is 126 Å². The van der Waals surface area contributed by atoms with E-state index in [0.29, 0.717) is 0 Å². The summed E-state index contributed by atoms with van der Waals surface area (Å²) in [4.78, 5) is 2.64. The number of thioether (sulfide) groups is 2. The van der Waals surface area contributed by atoms with E-state index in [1.165, 1.54) is 30.7 Å². The third-order valence-electron chi connectivity index (χ3n) is 5.17. The highest BCUT2D eigenvalue weighted by Gasteiger charge is 2.32. The maximum Gasteiger partial charge on any atom is 0.110 e. The van der Waals surface area contributed by atoms with Crippen LogP contribution in [0.4, 0.5) is 0 Å². The Morgan fingerprint density at radius 3 is 1.32 bits per heavy atom. The fourth-order valence-electron chi connectivity index (χ4n) is 3.33. The molecular weight excluding hydrogens is 416 g/mol. The molecular formula is C28H30OS2. The first-order chi connectivity index (χ1) is 14.6. The molecule has 2 aliphatic rings. The Kier molecular flexibility index (Phi) is 6.02. The minimum Gasteiger partial charge on any atom is -0.465 e. The van der Waals surface area contributed by atoms with E-state index in [0.717, 1.165) is 11.5 Å². The molecule has 0 atom stereocenters. The highest BCUT2D eigenvalue weighted by molar-refractivity contribution is 8.34. The van der Waals surface area contributed by atoms with E-state index in [4.69, 9.17) is 4.74 Å². The summed E-state index contributed by atoms with van der Waals surface area (Å²) >= 11 is 3.75. The number of allylic oxidation sites excluding steroid dienone is 5. The van der Waals surface area contributed by atoms with Crippen LogP contribution in [0.25, 0.3) is 9.81 Å². The summed E-state index contributed by atoms with van der Waals surface area (Å²) in [6.07, 6.45) is 4.47. The number of ether oxygens (including phenoxy) is 1. The highest BCUT2D eigenvalue weighted by atomic mass is 32.2. The summed E-state index contributed by atoms with van der Waals surface area (Å²) in [7, 11) is 0. The predicted molar refractivity (Wildman–Crippen MR) is 138 cm³/mol. The van der Waals surface area contributed by atoms with E-state index >= 15 is 0 Å². The fourth-order valence-corrected chi connectivity index (χ4v) is 6.02. The van der Waals surface area contributed by atoms with E-state index in [1.54, 1.807) is 0 Å². The van der Waals surface area contributed by atoms with Crippen molar-refractivity contribution >= 4 is 33.3 Å². The van der Waals surface area contributed by atoms with Crippen molar-refractivity contribution in [2.75, 3.05) is 0 Å². The Labute approximate surface area is 195 Å². The molecule has 2 aliphatic heterocycles. The van der Waals surface area contributed by atoms with Crippen molar-refractivity contribution in [3.05, 3.63) is 105 Å². The van der Waals surface area contributed by atoms with Crippen molar-refractivity contribution in [1.82, 2.24) is 0 Å². The van der Waals surface area contributed by atoms with Crippen molar-refractivity contribution in [1.29, 1.82) is 0 Å². The molecule has 0 radical (unpaired) electrons. The molecule has 2 heterocycles. The smallest absolute Gasteiger partial charge is 0.110 e. The van der Waals surface area contributed by atoms with Gasteiger partial charge in [0.25, 0.3) is 0 Å². The average Bonchev–Trinajstić information content (AvgIpc) is 3.19. The van der Waals surface area contributed by atoms with E-state index in [-0.39, 0.29) is 10.8 Å². The molecule has 0 amide bonds. The first-order valence-corrected chi connectivity index (χ1v) is 12.3. The van der Waals surface area contributed by atoms with Gasteiger partial charge < -0.3 is 4.74 Å². The van der Waals surface area contributed by atoms with Crippen molar-refractivity contribution in [2.45, 2.75) is 41.5 Å². The Balaban J connectivity index is 1.84. The largest absolute Gasteiger partial charge is 0.465 e. The van der Waals surface area contributed by atoms with Crippen molar-refractivity contribution in [3.63, 3.8) is 0 Å². The molecule has 0 spiro atoms. The number of hydrogen-bond acceptors (Lipinski definition) is 3. The molecule has 0 saturated heterocycles. The van der Waals surface area contributed by atoms with Crippen LogP contribution >= 0.6 is 23.5 Å². The second-order valence-corrected chi connectivity index (χ2v) is 12.3. The SMILES string of the molecule is CC(C)(C)C1=CC(=C2SC(c3ccccc3)=C(c3ccccc3)S2)C=C(C(C)(C)C)O1. The molecule has 31 heavy (non-hydrogen) atoms. The molecule has 3 heteroatoms. The Hall–Kier alpha value is -2.10. The molecule has 0 aliphatic carbocycles. The quantitative estimate of drug-likeness (QED) is 0.455. The van der Waals surface area contributed by atoms with Crippen LogP contribution in [0.2, 0.25) is 0 Å². The fraction of sp³-hybridized carbons (Fsp3) is 0.286. The lowest BCUT2D eigenvalue weighted by Crippen LogP contribution is -2.21. The Morgan fingerprint density at radius 2 is 0.968 bits per heavy atom. The van der Waals surface area contributed by atoms with Gasteiger partial charge in [-0.3, -0.25) is 0 Å². The Bertz CT molecular complexity index is 1000. The van der Waals surface area contributed by atoms with Gasteiger partial charge in [-0.05, 0) is 23.3 Å². The van der Waals surface area contributed by atoms with Gasteiger partial charge in [0.1, 0.15) is 11.5 Å². The van der Waals surface area contributed by atoms with E-state index in [2.05, 4.69) is 114 Å². The molecule has 2 aromatic rings. The second-order valence-electron chi connectivity index (χ2n) is 9.96. The van der Waals surface area contributed by atoms with Gasteiger partial charge in [-0.25, -0.2) is 0 Å².